The molecule has 6 heteroatoms. The molecule has 0 aliphatic rings. The highest BCUT2D eigenvalue weighted by atomic mass is 32.2. The van der Waals surface area contributed by atoms with Gasteiger partial charge in [-0.1, -0.05) is 6.92 Å². The molecule has 0 fully saturated rings. The minimum Gasteiger partial charge on any atom is -0.392 e. The zero-order valence-corrected chi connectivity index (χ0v) is 12.3. The molecule has 1 aromatic rings. The van der Waals surface area contributed by atoms with E-state index in [9.17, 15) is 15.2 Å². The summed E-state index contributed by atoms with van der Waals surface area (Å²) in [6.07, 6.45) is 3.04. The summed E-state index contributed by atoms with van der Waals surface area (Å²) in [5, 5.41) is 20.2. The first-order valence-electron chi connectivity index (χ1n) is 6.15. The molecule has 0 amide bonds. The van der Waals surface area contributed by atoms with Gasteiger partial charge >= 0.3 is 0 Å². The van der Waals surface area contributed by atoms with Crippen LogP contribution in [0.4, 0.5) is 11.4 Å². The van der Waals surface area contributed by atoms with E-state index in [-0.39, 0.29) is 12.3 Å². The van der Waals surface area contributed by atoms with Gasteiger partial charge in [0.25, 0.3) is 5.69 Å². The van der Waals surface area contributed by atoms with E-state index < -0.39 is 4.92 Å². The molecular formula is C13H20N2O3S. The van der Waals surface area contributed by atoms with Crippen molar-refractivity contribution in [3.8, 4) is 0 Å². The summed E-state index contributed by atoms with van der Waals surface area (Å²) >= 11 is 1.77. The Balaban J connectivity index is 3.08. The molecule has 1 rings (SSSR count). The molecule has 1 aromatic carbocycles. The van der Waals surface area contributed by atoms with Gasteiger partial charge in [-0.15, -0.1) is 0 Å². The normalized spacial score (nSPS) is 12.2. The second-order valence-electron chi connectivity index (χ2n) is 4.36. The number of aliphatic hydroxyl groups is 1. The minimum absolute atomic E-state index is 0.0131. The molecule has 0 aromatic heterocycles. The van der Waals surface area contributed by atoms with E-state index in [1.807, 2.05) is 7.05 Å². The average molecular weight is 284 g/mol. The van der Waals surface area contributed by atoms with Gasteiger partial charge in [-0.2, -0.15) is 11.8 Å². The summed E-state index contributed by atoms with van der Waals surface area (Å²) in [6, 6.07) is 4.99. The van der Waals surface area contributed by atoms with Gasteiger partial charge in [-0.05, 0) is 18.7 Å². The van der Waals surface area contributed by atoms with Crippen LogP contribution in [0.2, 0.25) is 0 Å². The summed E-state index contributed by atoms with van der Waals surface area (Å²) in [4.78, 5) is 12.4. The van der Waals surface area contributed by atoms with Crippen LogP contribution in [0.3, 0.4) is 0 Å². The monoisotopic (exact) mass is 284 g/mol. The Bertz CT molecular complexity index is 440. The Labute approximate surface area is 117 Å². The average Bonchev–Trinajstić information content (AvgIpc) is 2.43. The Kier molecular flexibility index (Phi) is 6.11. The van der Waals surface area contributed by atoms with Crippen LogP contribution >= 0.6 is 11.8 Å². The van der Waals surface area contributed by atoms with Crippen LogP contribution in [-0.2, 0) is 6.61 Å². The number of benzene rings is 1. The fourth-order valence-electron chi connectivity index (χ4n) is 2.05. The van der Waals surface area contributed by atoms with Crippen LogP contribution in [-0.4, -0.2) is 35.1 Å². The number of nitrogens with zero attached hydrogens (tertiary/aromatic N) is 2. The number of nitro benzene ring substituents is 1. The van der Waals surface area contributed by atoms with Crippen molar-refractivity contribution in [2.24, 2.45) is 0 Å². The van der Waals surface area contributed by atoms with Gasteiger partial charge in [0.15, 0.2) is 0 Å². The molecule has 19 heavy (non-hydrogen) atoms. The molecular weight excluding hydrogens is 264 g/mol. The molecule has 1 N–H and O–H groups in total. The lowest BCUT2D eigenvalue weighted by atomic mass is 10.1. The first kappa shape index (κ1) is 15.8. The maximum atomic E-state index is 10.7. The van der Waals surface area contributed by atoms with Gasteiger partial charge in [-0.25, -0.2) is 0 Å². The maximum Gasteiger partial charge on any atom is 0.269 e. The lowest BCUT2D eigenvalue weighted by Crippen LogP contribution is -2.33. The molecule has 0 bridgehead atoms. The Morgan fingerprint density at radius 1 is 1.53 bits per heavy atom. The van der Waals surface area contributed by atoms with E-state index in [0.29, 0.717) is 11.6 Å². The van der Waals surface area contributed by atoms with Crippen molar-refractivity contribution in [1.29, 1.82) is 0 Å². The molecule has 0 spiro atoms. The molecule has 0 radical (unpaired) electrons. The van der Waals surface area contributed by atoms with Crippen molar-refractivity contribution >= 4 is 23.1 Å². The van der Waals surface area contributed by atoms with Crippen LogP contribution in [0.1, 0.15) is 18.9 Å². The van der Waals surface area contributed by atoms with Crippen LogP contribution in [0.5, 0.6) is 0 Å². The van der Waals surface area contributed by atoms with Crippen molar-refractivity contribution in [2.75, 3.05) is 24.0 Å². The van der Waals surface area contributed by atoms with Gasteiger partial charge in [0, 0.05) is 42.2 Å². The van der Waals surface area contributed by atoms with Crippen molar-refractivity contribution in [2.45, 2.75) is 26.0 Å². The predicted molar refractivity (Wildman–Crippen MR) is 79.9 cm³/mol. The number of rotatable bonds is 7. The number of anilines is 1. The van der Waals surface area contributed by atoms with E-state index in [2.05, 4.69) is 18.1 Å². The zero-order chi connectivity index (χ0) is 14.4. The number of nitro groups is 1. The predicted octanol–water partition coefficient (Wildman–Crippen LogP) is 2.66. The number of thioether (sulfide) groups is 1. The Morgan fingerprint density at radius 2 is 2.21 bits per heavy atom. The molecule has 0 aliphatic heterocycles. The van der Waals surface area contributed by atoms with Gasteiger partial charge in [-0.3, -0.25) is 10.1 Å². The van der Waals surface area contributed by atoms with Gasteiger partial charge in [0.1, 0.15) is 0 Å². The smallest absolute Gasteiger partial charge is 0.269 e. The molecule has 1 unspecified atom stereocenters. The molecule has 1 atom stereocenters. The molecule has 0 aliphatic carbocycles. The standard InChI is InChI=1S/C13H20N2O3S/c1-4-11(9-19-3)14(2)13-6-5-12(15(17)18)7-10(13)8-16/h5-7,11,16H,4,8-9H2,1-3H3. The maximum absolute atomic E-state index is 10.7. The van der Waals surface area contributed by atoms with Gasteiger partial charge < -0.3 is 10.0 Å². The first-order chi connectivity index (χ1) is 9.04. The van der Waals surface area contributed by atoms with Crippen molar-refractivity contribution in [3.63, 3.8) is 0 Å². The molecule has 0 heterocycles. The third-order valence-electron chi connectivity index (χ3n) is 3.20. The highest BCUT2D eigenvalue weighted by Gasteiger charge is 2.18. The molecule has 5 nitrogen and oxygen atoms in total. The van der Waals surface area contributed by atoms with E-state index in [0.717, 1.165) is 17.9 Å². The summed E-state index contributed by atoms with van der Waals surface area (Å²) in [6.45, 7) is 1.92. The van der Waals surface area contributed by atoms with Crippen LogP contribution in [0.25, 0.3) is 0 Å². The molecule has 106 valence electrons. The number of hydrogen-bond donors (Lipinski definition) is 1. The third kappa shape index (κ3) is 3.84. The molecule has 0 saturated heterocycles. The van der Waals surface area contributed by atoms with Gasteiger partial charge in [0.05, 0.1) is 11.5 Å². The Hall–Kier alpha value is -1.27. The third-order valence-corrected chi connectivity index (χ3v) is 3.92. The van der Waals surface area contributed by atoms with Crippen LogP contribution in [0, 0.1) is 10.1 Å². The van der Waals surface area contributed by atoms with Crippen LogP contribution in [0.15, 0.2) is 18.2 Å². The quantitative estimate of drug-likeness (QED) is 0.616. The fourth-order valence-corrected chi connectivity index (χ4v) is 2.89. The van der Waals surface area contributed by atoms with Crippen LogP contribution < -0.4 is 4.90 Å². The zero-order valence-electron chi connectivity index (χ0n) is 11.5. The second kappa shape index (κ2) is 7.35. The SMILES string of the molecule is CCC(CSC)N(C)c1ccc([N+](=O)[O-])cc1CO. The second-order valence-corrected chi connectivity index (χ2v) is 5.27. The summed E-state index contributed by atoms with van der Waals surface area (Å²) in [7, 11) is 1.96. The number of hydrogen-bond acceptors (Lipinski definition) is 5. The number of non-ortho nitro benzene ring substituents is 1. The van der Waals surface area contributed by atoms with Crippen molar-refractivity contribution in [1.82, 2.24) is 0 Å². The number of aliphatic hydroxyl groups excluding tert-OH is 1. The molecule has 0 saturated carbocycles. The minimum atomic E-state index is -0.442. The Morgan fingerprint density at radius 3 is 2.68 bits per heavy atom. The highest BCUT2D eigenvalue weighted by molar-refractivity contribution is 7.98. The lowest BCUT2D eigenvalue weighted by Gasteiger charge is -2.30. The van der Waals surface area contributed by atoms with E-state index in [4.69, 9.17) is 0 Å². The largest absolute Gasteiger partial charge is 0.392 e. The highest BCUT2D eigenvalue weighted by Crippen LogP contribution is 2.27. The summed E-state index contributed by atoms with van der Waals surface area (Å²) < 4.78 is 0. The first-order valence-corrected chi connectivity index (χ1v) is 7.54. The summed E-state index contributed by atoms with van der Waals surface area (Å²) in [5.74, 6) is 0.981. The lowest BCUT2D eigenvalue weighted by molar-refractivity contribution is -0.384. The fraction of sp³-hybridized carbons (Fsp3) is 0.538. The van der Waals surface area contributed by atoms with Crippen molar-refractivity contribution < 1.29 is 10.0 Å². The van der Waals surface area contributed by atoms with E-state index in [1.165, 1.54) is 12.1 Å². The van der Waals surface area contributed by atoms with Gasteiger partial charge in [0.2, 0.25) is 0 Å². The van der Waals surface area contributed by atoms with Crippen molar-refractivity contribution in [3.05, 3.63) is 33.9 Å². The summed E-state index contributed by atoms with van der Waals surface area (Å²) in [5.41, 5.74) is 1.46. The topological polar surface area (TPSA) is 66.6 Å². The van der Waals surface area contributed by atoms with E-state index >= 15 is 0 Å². The van der Waals surface area contributed by atoms with E-state index in [1.54, 1.807) is 17.8 Å².